The smallest absolute Gasteiger partial charge is 0.240 e. The largest absolute Gasteiger partial charge is 0.454 e. The summed E-state index contributed by atoms with van der Waals surface area (Å²) in [7, 11) is 0. The number of rotatable bonds is 8. The van der Waals surface area contributed by atoms with Crippen LogP contribution in [0.4, 0.5) is 0 Å². The first-order valence-corrected chi connectivity index (χ1v) is 10.3. The first-order chi connectivity index (χ1) is 14.2. The van der Waals surface area contributed by atoms with Crippen LogP contribution in [0.25, 0.3) is 11.0 Å². The van der Waals surface area contributed by atoms with E-state index in [0.717, 1.165) is 59.6 Å². The highest BCUT2D eigenvalue weighted by Gasteiger charge is 2.18. The number of hydrogen-bond donors (Lipinski definition) is 1. The number of benzene rings is 2. The van der Waals surface area contributed by atoms with Crippen molar-refractivity contribution in [1.29, 1.82) is 0 Å². The van der Waals surface area contributed by atoms with Gasteiger partial charge >= 0.3 is 0 Å². The van der Waals surface area contributed by atoms with E-state index in [1.807, 2.05) is 54.0 Å². The summed E-state index contributed by atoms with van der Waals surface area (Å²) in [6.45, 7) is 4.67. The lowest BCUT2D eigenvalue weighted by molar-refractivity contribution is -0.122. The van der Waals surface area contributed by atoms with Gasteiger partial charge in [0.05, 0.1) is 17.1 Å². The van der Waals surface area contributed by atoms with E-state index in [-0.39, 0.29) is 25.3 Å². The molecule has 0 bridgehead atoms. The summed E-state index contributed by atoms with van der Waals surface area (Å²) < 4.78 is 12.9. The Kier molecular flexibility index (Phi) is 5.69. The lowest BCUT2D eigenvalue weighted by Gasteiger charge is -2.16. The Hall–Kier alpha value is -3.02. The second-order valence-corrected chi connectivity index (χ2v) is 7.46. The van der Waals surface area contributed by atoms with Crippen LogP contribution in [0.1, 0.15) is 50.5 Å². The molecule has 2 aromatic carbocycles. The number of ether oxygens (including phenoxy) is 2. The van der Waals surface area contributed by atoms with Gasteiger partial charge in [0.25, 0.3) is 0 Å². The van der Waals surface area contributed by atoms with Gasteiger partial charge in [-0.2, -0.15) is 0 Å². The molecule has 1 amide bonds. The minimum atomic E-state index is -0.129. The molecule has 1 N–H and O–H groups in total. The third-order valence-corrected chi connectivity index (χ3v) is 5.31. The monoisotopic (exact) mass is 393 g/mol. The van der Waals surface area contributed by atoms with Gasteiger partial charge in [0.2, 0.25) is 12.7 Å². The number of hydrogen-bond acceptors (Lipinski definition) is 4. The zero-order valence-corrected chi connectivity index (χ0v) is 17.0. The summed E-state index contributed by atoms with van der Waals surface area (Å²) in [5.74, 6) is 2.41. The number of aryl methyl sites for hydroxylation is 1. The van der Waals surface area contributed by atoms with Crippen molar-refractivity contribution in [2.24, 2.45) is 0 Å². The lowest BCUT2D eigenvalue weighted by Crippen LogP contribution is -2.30. The quantitative estimate of drug-likeness (QED) is 0.577. The van der Waals surface area contributed by atoms with Crippen LogP contribution in [-0.2, 0) is 17.8 Å². The van der Waals surface area contributed by atoms with Gasteiger partial charge in [0.15, 0.2) is 11.5 Å². The molecule has 6 nitrogen and oxygen atoms in total. The van der Waals surface area contributed by atoms with Crippen molar-refractivity contribution >= 4 is 16.9 Å². The number of nitrogens with one attached hydrogen (secondary N) is 1. The minimum Gasteiger partial charge on any atom is -0.454 e. The highest BCUT2D eigenvalue weighted by Crippen LogP contribution is 2.34. The first kappa shape index (κ1) is 19.3. The molecule has 0 aliphatic carbocycles. The molecule has 2 heterocycles. The van der Waals surface area contributed by atoms with Crippen molar-refractivity contribution in [2.45, 2.75) is 52.1 Å². The molecule has 152 valence electrons. The Bertz CT molecular complexity index is 1010. The van der Waals surface area contributed by atoms with Crippen molar-refractivity contribution in [3.05, 3.63) is 53.9 Å². The zero-order chi connectivity index (χ0) is 20.2. The van der Waals surface area contributed by atoms with Crippen LogP contribution in [0.2, 0.25) is 0 Å². The summed E-state index contributed by atoms with van der Waals surface area (Å²) in [4.78, 5) is 17.6. The summed E-state index contributed by atoms with van der Waals surface area (Å²) >= 11 is 0. The van der Waals surface area contributed by atoms with Crippen LogP contribution >= 0.6 is 0 Å². The Morgan fingerprint density at radius 2 is 2.00 bits per heavy atom. The van der Waals surface area contributed by atoms with Gasteiger partial charge in [-0.25, -0.2) is 4.98 Å². The molecule has 1 atom stereocenters. The molecule has 4 rings (SSSR count). The molecule has 6 heteroatoms. The van der Waals surface area contributed by atoms with Crippen molar-refractivity contribution < 1.29 is 14.3 Å². The van der Waals surface area contributed by atoms with E-state index in [9.17, 15) is 4.79 Å². The van der Waals surface area contributed by atoms with E-state index in [1.54, 1.807) is 0 Å². The number of para-hydroxylation sites is 2. The highest BCUT2D eigenvalue weighted by atomic mass is 16.7. The number of carbonyl (C=O) groups is 1. The van der Waals surface area contributed by atoms with E-state index >= 15 is 0 Å². The van der Waals surface area contributed by atoms with Crippen molar-refractivity contribution in [2.75, 3.05) is 6.79 Å². The molecule has 0 radical (unpaired) electrons. The maximum absolute atomic E-state index is 12.8. The minimum absolute atomic E-state index is 0.0324. The van der Waals surface area contributed by atoms with Crippen molar-refractivity contribution in [1.82, 2.24) is 14.9 Å². The standard InChI is InChI=1S/C23H27N3O3/c1-3-4-5-10-22-25-18-8-6-7-9-19(18)26(22)14-23(27)24-16(2)17-11-12-20-21(13-17)29-15-28-20/h6-9,11-13,16H,3-5,10,14-15H2,1-2H3,(H,24,27)/t16-/m1/s1. The van der Waals surface area contributed by atoms with E-state index < -0.39 is 0 Å². The number of nitrogens with zero attached hydrogens (tertiary/aromatic N) is 2. The van der Waals surface area contributed by atoms with E-state index in [4.69, 9.17) is 14.5 Å². The normalized spacial score (nSPS) is 13.6. The fourth-order valence-corrected chi connectivity index (χ4v) is 3.72. The Morgan fingerprint density at radius 3 is 2.86 bits per heavy atom. The molecular formula is C23H27N3O3. The topological polar surface area (TPSA) is 65.4 Å². The number of fused-ring (bicyclic) bond motifs is 2. The summed E-state index contributed by atoms with van der Waals surface area (Å²) in [6.07, 6.45) is 4.28. The third kappa shape index (κ3) is 4.21. The fraction of sp³-hybridized carbons (Fsp3) is 0.391. The molecule has 0 saturated heterocycles. The van der Waals surface area contributed by atoms with Crippen LogP contribution in [0, 0.1) is 0 Å². The number of carbonyl (C=O) groups excluding carboxylic acids is 1. The van der Waals surface area contributed by atoms with Gasteiger partial charge in [-0.1, -0.05) is 38.0 Å². The summed E-state index contributed by atoms with van der Waals surface area (Å²) in [5.41, 5.74) is 2.93. The Labute approximate surface area is 170 Å². The van der Waals surface area contributed by atoms with Gasteiger partial charge in [0.1, 0.15) is 12.4 Å². The molecule has 0 spiro atoms. The zero-order valence-electron chi connectivity index (χ0n) is 17.0. The van der Waals surface area contributed by atoms with Gasteiger partial charge in [-0.15, -0.1) is 0 Å². The second kappa shape index (κ2) is 8.55. The molecule has 29 heavy (non-hydrogen) atoms. The number of unbranched alkanes of at least 4 members (excludes halogenated alkanes) is 2. The number of aromatic nitrogens is 2. The van der Waals surface area contributed by atoms with Gasteiger partial charge in [0, 0.05) is 6.42 Å². The average Bonchev–Trinajstić information content (AvgIpc) is 3.32. The molecule has 0 saturated carbocycles. The molecule has 3 aromatic rings. The SMILES string of the molecule is CCCCCc1nc2ccccc2n1CC(=O)N[C@H](C)c1ccc2c(c1)OCO2. The van der Waals surface area contributed by atoms with Crippen molar-refractivity contribution in [3.63, 3.8) is 0 Å². The molecule has 1 aliphatic rings. The number of amides is 1. The predicted molar refractivity (Wildman–Crippen MR) is 112 cm³/mol. The molecule has 0 unspecified atom stereocenters. The average molecular weight is 393 g/mol. The van der Waals surface area contributed by atoms with Crippen LogP contribution in [0.15, 0.2) is 42.5 Å². The van der Waals surface area contributed by atoms with Gasteiger partial charge < -0.3 is 19.4 Å². The predicted octanol–water partition coefficient (Wildman–Crippen LogP) is 4.38. The molecular weight excluding hydrogens is 366 g/mol. The fourth-order valence-electron chi connectivity index (χ4n) is 3.72. The Balaban J connectivity index is 1.48. The lowest BCUT2D eigenvalue weighted by atomic mass is 10.1. The third-order valence-electron chi connectivity index (χ3n) is 5.31. The number of imidazole rings is 1. The van der Waals surface area contributed by atoms with E-state index in [0.29, 0.717) is 0 Å². The highest BCUT2D eigenvalue weighted by molar-refractivity contribution is 5.81. The second-order valence-electron chi connectivity index (χ2n) is 7.46. The molecule has 1 aliphatic heterocycles. The van der Waals surface area contributed by atoms with E-state index in [2.05, 4.69) is 12.2 Å². The van der Waals surface area contributed by atoms with Crippen LogP contribution in [0.5, 0.6) is 11.5 Å². The maximum Gasteiger partial charge on any atom is 0.240 e. The molecule has 0 fully saturated rings. The van der Waals surface area contributed by atoms with Gasteiger partial charge in [-0.3, -0.25) is 4.79 Å². The molecule has 1 aromatic heterocycles. The van der Waals surface area contributed by atoms with Crippen LogP contribution < -0.4 is 14.8 Å². The van der Waals surface area contributed by atoms with Crippen molar-refractivity contribution in [3.8, 4) is 11.5 Å². The summed E-state index contributed by atoms with van der Waals surface area (Å²) in [5, 5.41) is 3.10. The summed E-state index contributed by atoms with van der Waals surface area (Å²) in [6, 6.07) is 13.6. The van der Waals surface area contributed by atoms with Gasteiger partial charge in [-0.05, 0) is 43.2 Å². The first-order valence-electron chi connectivity index (χ1n) is 10.3. The maximum atomic E-state index is 12.8. The van der Waals surface area contributed by atoms with Crippen LogP contribution in [-0.4, -0.2) is 22.3 Å². The Morgan fingerprint density at radius 1 is 1.17 bits per heavy atom. The van der Waals surface area contributed by atoms with E-state index in [1.165, 1.54) is 0 Å². The van der Waals surface area contributed by atoms with Crippen LogP contribution in [0.3, 0.4) is 0 Å².